The van der Waals surface area contributed by atoms with Crippen LogP contribution >= 0.6 is 27.3 Å². The number of benzene rings is 1. The largest absolute Gasteiger partial charge is 0.481 e. The van der Waals surface area contributed by atoms with Crippen molar-refractivity contribution in [3.8, 4) is 5.75 Å². The Morgan fingerprint density at radius 1 is 1.40 bits per heavy atom. The summed E-state index contributed by atoms with van der Waals surface area (Å²) < 4.78 is 33.3. The van der Waals surface area contributed by atoms with Gasteiger partial charge >= 0.3 is 0 Å². The van der Waals surface area contributed by atoms with Crippen molar-refractivity contribution in [2.24, 2.45) is 5.73 Å². The second-order valence-corrected chi connectivity index (χ2v) is 6.06. The Kier molecular flexibility index (Phi) is 5.12. The summed E-state index contributed by atoms with van der Waals surface area (Å²) in [5.41, 5.74) is 6.90. The van der Waals surface area contributed by atoms with E-state index in [1.807, 2.05) is 23.8 Å². The molecule has 2 atom stereocenters. The highest BCUT2D eigenvalue weighted by atomic mass is 79.9. The molecule has 0 spiro atoms. The highest BCUT2D eigenvalue weighted by Crippen LogP contribution is 2.31. The van der Waals surface area contributed by atoms with Crippen LogP contribution in [0.4, 0.5) is 8.78 Å². The van der Waals surface area contributed by atoms with Crippen molar-refractivity contribution in [1.82, 2.24) is 0 Å². The van der Waals surface area contributed by atoms with Gasteiger partial charge in [-0.3, -0.25) is 0 Å². The molecule has 108 valence electrons. The first-order valence-electron chi connectivity index (χ1n) is 6.11. The maximum Gasteiger partial charge on any atom is 0.200 e. The average Bonchev–Trinajstić information content (AvgIpc) is 2.94. The molecule has 0 aliphatic rings. The molecule has 0 aliphatic heterocycles. The number of halogens is 3. The first-order valence-corrected chi connectivity index (χ1v) is 7.85. The van der Waals surface area contributed by atoms with Gasteiger partial charge in [-0.15, -0.1) is 0 Å². The van der Waals surface area contributed by atoms with E-state index in [0.29, 0.717) is 10.9 Å². The molecule has 20 heavy (non-hydrogen) atoms. The molecule has 0 bridgehead atoms. The summed E-state index contributed by atoms with van der Waals surface area (Å²) in [5.74, 6) is -2.10. The van der Waals surface area contributed by atoms with E-state index in [1.54, 1.807) is 0 Å². The molecule has 0 amide bonds. The van der Waals surface area contributed by atoms with Gasteiger partial charge in [0, 0.05) is 16.1 Å². The molecule has 6 heteroatoms. The van der Waals surface area contributed by atoms with Crippen LogP contribution in [0.3, 0.4) is 0 Å². The zero-order valence-electron chi connectivity index (χ0n) is 10.8. The van der Waals surface area contributed by atoms with Crippen molar-refractivity contribution in [2.45, 2.75) is 25.5 Å². The molecule has 2 rings (SSSR count). The lowest BCUT2D eigenvalue weighted by Gasteiger charge is -2.24. The van der Waals surface area contributed by atoms with Crippen LogP contribution < -0.4 is 10.5 Å². The molecule has 2 unspecified atom stereocenters. The molecule has 1 heterocycles. The molecule has 1 aromatic carbocycles. The number of nitrogens with two attached hydrogens (primary N) is 1. The molecule has 0 radical (unpaired) electrons. The minimum Gasteiger partial charge on any atom is -0.481 e. The third-order valence-corrected chi connectivity index (χ3v) is 4.10. The van der Waals surface area contributed by atoms with Gasteiger partial charge in [0.2, 0.25) is 5.82 Å². The van der Waals surface area contributed by atoms with E-state index >= 15 is 0 Å². The van der Waals surface area contributed by atoms with E-state index in [2.05, 4.69) is 15.9 Å². The van der Waals surface area contributed by atoms with Gasteiger partial charge in [-0.1, -0.05) is 22.9 Å². The molecule has 0 saturated carbocycles. The van der Waals surface area contributed by atoms with Crippen LogP contribution in [0, 0.1) is 11.6 Å². The summed E-state index contributed by atoms with van der Waals surface area (Å²) in [7, 11) is 0. The van der Waals surface area contributed by atoms with Gasteiger partial charge < -0.3 is 10.5 Å². The van der Waals surface area contributed by atoms with Gasteiger partial charge in [0.15, 0.2) is 11.6 Å². The fourth-order valence-electron chi connectivity index (χ4n) is 1.81. The van der Waals surface area contributed by atoms with Crippen molar-refractivity contribution in [1.29, 1.82) is 0 Å². The molecular formula is C14H14BrF2NOS. The van der Waals surface area contributed by atoms with Crippen LogP contribution in [-0.2, 0) is 0 Å². The second kappa shape index (κ2) is 6.65. The third-order valence-electron chi connectivity index (χ3n) is 2.95. The highest BCUT2D eigenvalue weighted by molar-refractivity contribution is 9.10. The molecule has 0 fully saturated rings. The SMILES string of the molecule is CCC(N)C(Oc1cc(Br)cc(F)c1F)c1ccsc1. The van der Waals surface area contributed by atoms with E-state index in [0.717, 1.165) is 11.6 Å². The monoisotopic (exact) mass is 361 g/mol. The third kappa shape index (κ3) is 3.37. The van der Waals surface area contributed by atoms with E-state index in [1.165, 1.54) is 17.4 Å². The van der Waals surface area contributed by atoms with E-state index in [4.69, 9.17) is 10.5 Å². The molecule has 2 nitrogen and oxygen atoms in total. The van der Waals surface area contributed by atoms with Crippen molar-refractivity contribution < 1.29 is 13.5 Å². The minimum atomic E-state index is -1.00. The number of hydrogen-bond acceptors (Lipinski definition) is 3. The standard InChI is InChI=1S/C14H14BrF2NOS/c1-2-11(18)14(8-3-4-20-7-8)19-12-6-9(15)5-10(16)13(12)17/h3-7,11,14H,2,18H2,1H3. The Balaban J connectivity index is 2.33. The smallest absolute Gasteiger partial charge is 0.200 e. The Hall–Kier alpha value is -0.980. The zero-order chi connectivity index (χ0) is 14.7. The summed E-state index contributed by atoms with van der Waals surface area (Å²) in [6, 6.07) is 4.03. The number of rotatable bonds is 5. The van der Waals surface area contributed by atoms with Crippen molar-refractivity contribution in [3.63, 3.8) is 0 Å². The highest BCUT2D eigenvalue weighted by Gasteiger charge is 2.23. The molecule has 0 aliphatic carbocycles. The number of hydrogen-bond donors (Lipinski definition) is 1. The van der Waals surface area contributed by atoms with Gasteiger partial charge in [-0.25, -0.2) is 4.39 Å². The normalized spacial score (nSPS) is 14.1. The molecule has 0 saturated heterocycles. The summed E-state index contributed by atoms with van der Waals surface area (Å²) in [4.78, 5) is 0. The van der Waals surface area contributed by atoms with Gasteiger partial charge in [0.05, 0.1) is 0 Å². The summed E-state index contributed by atoms with van der Waals surface area (Å²) in [6.07, 6.45) is 0.160. The lowest BCUT2D eigenvalue weighted by Crippen LogP contribution is -2.31. The van der Waals surface area contributed by atoms with Gasteiger partial charge in [-0.2, -0.15) is 15.7 Å². The maximum atomic E-state index is 13.8. The lowest BCUT2D eigenvalue weighted by molar-refractivity contribution is 0.162. The van der Waals surface area contributed by atoms with Crippen LogP contribution in [0.15, 0.2) is 33.4 Å². The average molecular weight is 362 g/mol. The van der Waals surface area contributed by atoms with Crippen LogP contribution in [0.2, 0.25) is 0 Å². The van der Waals surface area contributed by atoms with Crippen LogP contribution in [-0.4, -0.2) is 6.04 Å². The van der Waals surface area contributed by atoms with Crippen LogP contribution in [0.5, 0.6) is 5.75 Å². The van der Waals surface area contributed by atoms with Crippen molar-refractivity contribution in [2.75, 3.05) is 0 Å². The summed E-state index contributed by atoms with van der Waals surface area (Å²) in [5, 5.41) is 3.79. The summed E-state index contributed by atoms with van der Waals surface area (Å²) >= 11 is 4.63. The Morgan fingerprint density at radius 3 is 2.75 bits per heavy atom. The Labute approximate surface area is 128 Å². The lowest BCUT2D eigenvalue weighted by atomic mass is 10.0. The Morgan fingerprint density at radius 2 is 2.15 bits per heavy atom. The minimum absolute atomic E-state index is 0.142. The predicted molar refractivity (Wildman–Crippen MR) is 80.0 cm³/mol. The molecule has 1 aromatic heterocycles. The predicted octanol–water partition coefficient (Wildman–Crippen LogP) is 4.65. The van der Waals surface area contributed by atoms with Gasteiger partial charge in [0.25, 0.3) is 0 Å². The number of ether oxygens (including phenoxy) is 1. The molecule has 2 N–H and O–H groups in total. The first-order chi connectivity index (χ1) is 9.52. The van der Waals surface area contributed by atoms with Crippen molar-refractivity contribution in [3.05, 3.63) is 50.6 Å². The quantitative estimate of drug-likeness (QED) is 0.786. The topological polar surface area (TPSA) is 35.2 Å². The van der Waals surface area contributed by atoms with Gasteiger partial charge in [-0.05, 0) is 35.4 Å². The first kappa shape index (κ1) is 15.4. The van der Waals surface area contributed by atoms with E-state index in [-0.39, 0.29) is 11.8 Å². The number of thiophene rings is 1. The molecular weight excluding hydrogens is 348 g/mol. The summed E-state index contributed by atoms with van der Waals surface area (Å²) in [6.45, 7) is 1.92. The van der Waals surface area contributed by atoms with Crippen LogP contribution in [0.1, 0.15) is 25.0 Å². The van der Waals surface area contributed by atoms with E-state index in [9.17, 15) is 8.78 Å². The molecule has 2 aromatic rings. The van der Waals surface area contributed by atoms with Gasteiger partial charge in [0.1, 0.15) is 6.10 Å². The fraction of sp³-hybridized carbons (Fsp3) is 0.286. The van der Waals surface area contributed by atoms with Crippen LogP contribution in [0.25, 0.3) is 0 Å². The maximum absolute atomic E-state index is 13.8. The van der Waals surface area contributed by atoms with E-state index < -0.39 is 17.7 Å². The fourth-order valence-corrected chi connectivity index (χ4v) is 2.90. The second-order valence-electron chi connectivity index (χ2n) is 4.37. The Bertz CT molecular complexity index is 577. The van der Waals surface area contributed by atoms with Crippen molar-refractivity contribution >= 4 is 27.3 Å². The zero-order valence-corrected chi connectivity index (χ0v) is 13.2.